The predicted molar refractivity (Wildman–Crippen MR) is 97.6 cm³/mol. The Kier molecular flexibility index (Phi) is 6.01. The average Bonchev–Trinajstić information content (AvgIpc) is 2.86. The third-order valence-corrected chi connectivity index (χ3v) is 6.08. The first-order valence-electron chi connectivity index (χ1n) is 8.89. The van der Waals surface area contributed by atoms with E-state index in [9.17, 15) is 4.79 Å². The summed E-state index contributed by atoms with van der Waals surface area (Å²) in [6, 6.07) is 11.1. The van der Waals surface area contributed by atoms with E-state index >= 15 is 0 Å². The van der Waals surface area contributed by atoms with E-state index < -0.39 is 0 Å². The van der Waals surface area contributed by atoms with E-state index in [1.54, 1.807) is 11.8 Å². The maximum absolute atomic E-state index is 12.6. The quantitative estimate of drug-likeness (QED) is 0.747. The van der Waals surface area contributed by atoms with Crippen molar-refractivity contribution in [2.45, 2.75) is 38.8 Å². The molecule has 2 bridgehead atoms. The Bertz CT molecular complexity index is 507. The number of benzene rings is 1. The third-order valence-electron chi connectivity index (χ3n) is 4.93. The maximum Gasteiger partial charge on any atom is 0.232 e. The van der Waals surface area contributed by atoms with Crippen molar-refractivity contribution in [1.82, 2.24) is 9.80 Å². The molecule has 0 N–H and O–H groups in total. The third kappa shape index (κ3) is 4.51. The van der Waals surface area contributed by atoms with E-state index in [0.717, 1.165) is 38.4 Å². The number of thioether (sulfide) groups is 1. The van der Waals surface area contributed by atoms with Crippen LogP contribution in [0.15, 0.2) is 30.3 Å². The number of carbonyl (C=O) groups is 1. The van der Waals surface area contributed by atoms with Crippen molar-refractivity contribution in [3.63, 3.8) is 0 Å². The van der Waals surface area contributed by atoms with E-state index in [1.807, 2.05) is 0 Å². The van der Waals surface area contributed by atoms with Crippen LogP contribution in [0.5, 0.6) is 0 Å². The summed E-state index contributed by atoms with van der Waals surface area (Å²) in [6.07, 6.45) is 3.61. The van der Waals surface area contributed by atoms with Crippen LogP contribution in [0.1, 0.15) is 31.7 Å². The Labute approximate surface area is 144 Å². The minimum absolute atomic E-state index is 0.361. The van der Waals surface area contributed by atoms with Gasteiger partial charge in [-0.05, 0) is 36.5 Å². The van der Waals surface area contributed by atoms with Crippen molar-refractivity contribution in [3.05, 3.63) is 35.9 Å². The number of carbonyl (C=O) groups excluding carboxylic acids is 1. The second-order valence-corrected chi connectivity index (χ2v) is 7.98. The normalized spacial score (nSPS) is 24.7. The summed E-state index contributed by atoms with van der Waals surface area (Å²) >= 11 is 1.79. The molecule has 4 rings (SSSR count). The standard InChI is InChI=1S/C19H28N2OS/c1-2-10-23-15-19(22)21-13-17-8-9-18(21)14-20(12-17)11-16-6-4-3-5-7-16/h3-7,17-18H,2,8-15H2,1H3/t17-,18+/m1/s1. The highest BCUT2D eigenvalue weighted by Gasteiger charge is 2.36. The maximum atomic E-state index is 12.6. The molecular formula is C19H28N2OS. The Morgan fingerprint density at radius 2 is 2.00 bits per heavy atom. The summed E-state index contributed by atoms with van der Waals surface area (Å²) in [5.74, 6) is 2.76. The lowest BCUT2D eigenvalue weighted by atomic mass is 9.95. The molecule has 3 saturated heterocycles. The number of rotatable bonds is 6. The van der Waals surface area contributed by atoms with Crippen LogP contribution in [-0.2, 0) is 11.3 Å². The molecule has 1 aromatic rings. The van der Waals surface area contributed by atoms with Crippen molar-refractivity contribution in [2.24, 2.45) is 5.92 Å². The minimum atomic E-state index is 0.361. The van der Waals surface area contributed by atoms with Gasteiger partial charge in [0.1, 0.15) is 0 Å². The first-order valence-corrected chi connectivity index (χ1v) is 10.0. The largest absolute Gasteiger partial charge is 0.337 e. The van der Waals surface area contributed by atoms with Crippen LogP contribution >= 0.6 is 11.8 Å². The number of hydrogen-bond donors (Lipinski definition) is 0. The first kappa shape index (κ1) is 16.8. The highest BCUT2D eigenvalue weighted by molar-refractivity contribution is 7.99. The van der Waals surface area contributed by atoms with Gasteiger partial charge >= 0.3 is 0 Å². The lowest BCUT2D eigenvalue weighted by Gasteiger charge is -2.36. The van der Waals surface area contributed by atoms with Gasteiger partial charge in [-0.3, -0.25) is 9.69 Å². The smallest absolute Gasteiger partial charge is 0.232 e. The van der Waals surface area contributed by atoms with Crippen molar-refractivity contribution in [3.8, 4) is 0 Å². The SMILES string of the molecule is CCCSCC(=O)N1C[C@@H]2CC[C@H]1CN(Cc1ccccc1)C2. The van der Waals surface area contributed by atoms with Crippen molar-refractivity contribution < 1.29 is 4.79 Å². The molecule has 0 aliphatic carbocycles. The molecule has 23 heavy (non-hydrogen) atoms. The van der Waals surface area contributed by atoms with Crippen LogP contribution in [0.25, 0.3) is 0 Å². The zero-order valence-electron chi connectivity index (χ0n) is 14.1. The van der Waals surface area contributed by atoms with Gasteiger partial charge in [0.15, 0.2) is 0 Å². The molecule has 2 atom stereocenters. The molecule has 3 heterocycles. The van der Waals surface area contributed by atoms with Gasteiger partial charge in [0.25, 0.3) is 0 Å². The van der Waals surface area contributed by atoms with Crippen LogP contribution in [0.4, 0.5) is 0 Å². The number of fused-ring (bicyclic) bond motifs is 4. The fourth-order valence-corrected chi connectivity index (χ4v) is 4.62. The highest BCUT2D eigenvalue weighted by Crippen LogP contribution is 2.29. The van der Waals surface area contributed by atoms with Gasteiger partial charge in [0.05, 0.1) is 5.75 Å². The van der Waals surface area contributed by atoms with Crippen molar-refractivity contribution >= 4 is 17.7 Å². The summed E-state index contributed by atoms with van der Waals surface area (Å²) in [5, 5.41) is 0. The van der Waals surface area contributed by atoms with Gasteiger partial charge in [-0.2, -0.15) is 11.8 Å². The molecule has 3 fully saturated rings. The van der Waals surface area contributed by atoms with Gasteiger partial charge in [-0.25, -0.2) is 0 Å². The van der Waals surface area contributed by atoms with Crippen LogP contribution in [-0.4, -0.2) is 52.9 Å². The van der Waals surface area contributed by atoms with Crippen LogP contribution in [0.2, 0.25) is 0 Å². The van der Waals surface area contributed by atoms with Crippen molar-refractivity contribution in [1.29, 1.82) is 0 Å². The number of hydrogen-bond acceptors (Lipinski definition) is 3. The Balaban J connectivity index is 1.60. The Morgan fingerprint density at radius 3 is 2.78 bits per heavy atom. The van der Waals surface area contributed by atoms with Gasteiger partial charge < -0.3 is 4.90 Å². The van der Waals surface area contributed by atoms with Crippen LogP contribution in [0, 0.1) is 5.92 Å². The van der Waals surface area contributed by atoms with Gasteiger partial charge in [-0.15, -0.1) is 0 Å². The minimum Gasteiger partial charge on any atom is -0.337 e. The molecule has 1 aromatic carbocycles. The van der Waals surface area contributed by atoms with E-state index in [4.69, 9.17) is 0 Å². The highest BCUT2D eigenvalue weighted by atomic mass is 32.2. The Morgan fingerprint density at radius 1 is 1.17 bits per heavy atom. The molecule has 0 radical (unpaired) electrons. The molecule has 4 heteroatoms. The summed E-state index contributed by atoms with van der Waals surface area (Å²) in [7, 11) is 0. The summed E-state index contributed by atoms with van der Waals surface area (Å²) < 4.78 is 0. The molecule has 0 saturated carbocycles. The zero-order valence-corrected chi connectivity index (χ0v) is 14.9. The fraction of sp³-hybridized carbons (Fsp3) is 0.632. The molecule has 3 aliphatic heterocycles. The second-order valence-electron chi connectivity index (χ2n) is 6.88. The summed E-state index contributed by atoms with van der Waals surface area (Å²) in [6.45, 7) is 6.33. The molecule has 0 aromatic heterocycles. The molecule has 0 unspecified atom stereocenters. The summed E-state index contributed by atoms with van der Waals surface area (Å²) in [5.41, 5.74) is 1.38. The first-order chi connectivity index (χ1) is 11.3. The molecule has 0 spiro atoms. The van der Waals surface area contributed by atoms with E-state index in [1.165, 1.54) is 18.4 Å². The topological polar surface area (TPSA) is 23.6 Å². The number of piperidine rings is 1. The monoisotopic (exact) mass is 332 g/mol. The van der Waals surface area contributed by atoms with Gasteiger partial charge in [0.2, 0.25) is 5.91 Å². The lowest BCUT2D eigenvalue weighted by molar-refractivity contribution is -0.132. The molecule has 1 amide bonds. The van der Waals surface area contributed by atoms with E-state index in [-0.39, 0.29) is 0 Å². The molecule has 3 aliphatic rings. The average molecular weight is 333 g/mol. The van der Waals surface area contributed by atoms with E-state index in [2.05, 4.69) is 47.1 Å². The zero-order chi connectivity index (χ0) is 16.1. The van der Waals surface area contributed by atoms with E-state index in [0.29, 0.717) is 23.6 Å². The molecule has 126 valence electrons. The number of nitrogens with zero attached hydrogens (tertiary/aromatic N) is 2. The lowest BCUT2D eigenvalue weighted by Crippen LogP contribution is -2.48. The molecular weight excluding hydrogens is 304 g/mol. The fourth-order valence-electron chi connectivity index (χ4n) is 3.84. The van der Waals surface area contributed by atoms with Gasteiger partial charge in [0, 0.05) is 32.2 Å². The van der Waals surface area contributed by atoms with Crippen LogP contribution < -0.4 is 0 Å². The summed E-state index contributed by atoms with van der Waals surface area (Å²) in [4.78, 5) is 17.3. The van der Waals surface area contributed by atoms with Crippen LogP contribution in [0.3, 0.4) is 0 Å². The Hall–Kier alpha value is -1.00. The number of amides is 1. The van der Waals surface area contributed by atoms with Gasteiger partial charge in [-0.1, -0.05) is 37.3 Å². The molecule has 3 nitrogen and oxygen atoms in total. The second kappa shape index (κ2) is 8.20. The van der Waals surface area contributed by atoms with Crippen molar-refractivity contribution in [2.75, 3.05) is 31.1 Å². The predicted octanol–water partition coefficient (Wildman–Crippen LogP) is 3.25.